The van der Waals surface area contributed by atoms with Crippen molar-refractivity contribution in [3.05, 3.63) is 94.0 Å². The lowest BCUT2D eigenvalue weighted by molar-refractivity contribution is 0.306. The molecular formula is C20H16Cl2N2O. The van der Waals surface area contributed by atoms with Gasteiger partial charge in [-0.25, -0.2) is 0 Å². The average molecular weight is 371 g/mol. The fourth-order valence-corrected chi connectivity index (χ4v) is 2.62. The van der Waals surface area contributed by atoms with E-state index in [0.717, 1.165) is 22.6 Å². The highest BCUT2D eigenvalue weighted by Crippen LogP contribution is 2.17. The standard InChI is InChI=1S/C20H16Cl2N2O/c21-17-6-1-5-16(10-17)14-25-20-9-2-4-15(11-20)13-23-24-19-8-3-7-18(22)12-19/h1-13,24H,14H2. The van der Waals surface area contributed by atoms with Crippen molar-refractivity contribution in [3.63, 3.8) is 0 Å². The van der Waals surface area contributed by atoms with Crippen LogP contribution in [0.3, 0.4) is 0 Å². The van der Waals surface area contributed by atoms with Crippen LogP contribution in [0.1, 0.15) is 11.1 Å². The maximum atomic E-state index is 5.98. The molecule has 0 saturated carbocycles. The lowest BCUT2D eigenvalue weighted by atomic mass is 10.2. The van der Waals surface area contributed by atoms with Crippen LogP contribution in [0.5, 0.6) is 5.75 Å². The Morgan fingerprint density at radius 3 is 2.44 bits per heavy atom. The summed E-state index contributed by atoms with van der Waals surface area (Å²) < 4.78 is 5.81. The highest BCUT2D eigenvalue weighted by Gasteiger charge is 1.98. The Balaban J connectivity index is 1.60. The van der Waals surface area contributed by atoms with Crippen LogP contribution in [-0.2, 0) is 6.61 Å². The Bertz CT molecular complexity index is 881. The highest BCUT2D eigenvalue weighted by molar-refractivity contribution is 6.31. The number of ether oxygens (including phenoxy) is 1. The minimum absolute atomic E-state index is 0.460. The van der Waals surface area contributed by atoms with E-state index in [2.05, 4.69) is 10.5 Å². The molecule has 0 amide bonds. The molecule has 1 N–H and O–H groups in total. The van der Waals surface area contributed by atoms with Gasteiger partial charge in [-0.3, -0.25) is 5.43 Å². The van der Waals surface area contributed by atoms with Crippen LogP contribution in [0.4, 0.5) is 5.69 Å². The largest absolute Gasteiger partial charge is 0.489 e. The Morgan fingerprint density at radius 1 is 0.880 bits per heavy atom. The van der Waals surface area contributed by atoms with Crippen LogP contribution in [-0.4, -0.2) is 6.21 Å². The quantitative estimate of drug-likeness (QED) is 0.425. The zero-order chi connectivity index (χ0) is 17.5. The second-order valence-corrected chi connectivity index (χ2v) is 6.24. The predicted octanol–water partition coefficient (Wildman–Crippen LogP) is 6.02. The molecule has 0 bridgehead atoms. The molecule has 0 aliphatic heterocycles. The van der Waals surface area contributed by atoms with Gasteiger partial charge in [0.1, 0.15) is 12.4 Å². The van der Waals surface area contributed by atoms with Crippen molar-refractivity contribution in [2.24, 2.45) is 5.10 Å². The molecule has 0 spiro atoms. The summed E-state index contributed by atoms with van der Waals surface area (Å²) >= 11 is 11.9. The highest BCUT2D eigenvalue weighted by atomic mass is 35.5. The van der Waals surface area contributed by atoms with Crippen LogP contribution in [0.15, 0.2) is 77.9 Å². The Hall–Kier alpha value is -2.49. The van der Waals surface area contributed by atoms with Crippen LogP contribution in [0, 0.1) is 0 Å². The smallest absolute Gasteiger partial charge is 0.120 e. The van der Waals surface area contributed by atoms with Gasteiger partial charge in [-0.15, -0.1) is 0 Å². The number of halogens is 2. The van der Waals surface area contributed by atoms with Gasteiger partial charge in [0.05, 0.1) is 11.9 Å². The normalized spacial score (nSPS) is 10.8. The second kappa shape index (κ2) is 8.56. The molecule has 3 aromatic carbocycles. The summed E-state index contributed by atoms with van der Waals surface area (Å²) in [6.45, 7) is 0.460. The molecule has 0 fully saturated rings. The minimum Gasteiger partial charge on any atom is -0.489 e. The zero-order valence-corrected chi connectivity index (χ0v) is 14.8. The maximum absolute atomic E-state index is 5.98. The first-order chi connectivity index (χ1) is 12.2. The van der Waals surface area contributed by atoms with Gasteiger partial charge in [-0.2, -0.15) is 5.10 Å². The van der Waals surface area contributed by atoms with Gasteiger partial charge in [0.25, 0.3) is 0 Å². The summed E-state index contributed by atoms with van der Waals surface area (Å²) in [5.41, 5.74) is 5.73. The Labute approximate surface area is 156 Å². The van der Waals surface area contributed by atoms with Gasteiger partial charge >= 0.3 is 0 Å². The first-order valence-corrected chi connectivity index (χ1v) is 8.46. The number of benzene rings is 3. The molecule has 3 nitrogen and oxygen atoms in total. The number of hydrazone groups is 1. The lowest BCUT2D eigenvalue weighted by Gasteiger charge is -2.07. The van der Waals surface area contributed by atoms with E-state index in [9.17, 15) is 0 Å². The lowest BCUT2D eigenvalue weighted by Crippen LogP contribution is -1.96. The van der Waals surface area contributed by atoms with Gasteiger partial charge in [-0.1, -0.05) is 53.5 Å². The summed E-state index contributed by atoms with van der Waals surface area (Å²) in [6.07, 6.45) is 1.73. The SMILES string of the molecule is Clc1cccc(COc2cccc(C=NNc3cccc(Cl)c3)c2)c1. The van der Waals surface area contributed by atoms with Gasteiger partial charge < -0.3 is 4.74 Å². The van der Waals surface area contributed by atoms with Crippen molar-refractivity contribution in [2.75, 3.05) is 5.43 Å². The third kappa shape index (κ3) is 5.52. The van der Waals surface area contributed by atoms with Gasteiger partial charge in [-0.05, 0) is 53.6 Å². The van der Waals surface area contributed by atoms with Gasteiger partial charge in [0.2, 0.25) is 0 Å². The molecule has 0 heterocycles. The maximum Gasteiger partial charge on any atom is 0.120 e. The molecule has 3 rings (SSSR count). The zero-order valence-electron chi connectivity index (χ0n) is 13.3. The molecule has 3 aromatic rings. The van der Waals surface area contributed by atoms with E-state index in [1.54, 1.807) is 6.21 Å². The summed E-state index contributed by atoms with van der Waals surface area (Å²) in [7, 11) is 0. The van der Waals surface area contributed by atoms with E-state index in [1.165, 1.54) is 0 Å². The summed E-state index contributed by atoms with van der Waals surface area (Å²) in [5, 5.41) is 5.58. The number of anilines is 1. The number of nitrogens with zero attached hydrogens (tertiary/aromatic N) is 1. The van der Waals surface area contributed by atoms with E-state index < -0.39 is 0 Å². The molecule has 0 aliphatic rings. The van der Waals surface area contributed by atoms with E-state index >= 15 is 0 Å². The number of hydrogen-bond acceptors (Lipinski definition) is 3. The molecule has 0 atom stereocenters. The van der Waals surface area contributed by atoms with Crippen molar-refractivity contribution in [3.8, 4) is 5.75 Å². The summed E-state index contributed by atoms with van der Waals surface area (Å²) in [5.74, 6) is 0.770. The Morgan fingerprint density at radius 2 is 1.64 bits per heavy atom. The van der Waals surface area contributed by atoms with Crippen molar-refractivity contribution in [1.82, 2.24) is 0 Å². The summed E-state index contributed by atoms with van der Waals surface area (Å²) in [4.78, 5) is 0. The second-order valence-electron chi connectivity index (χ2n) is 5.37. The monoisotopic (exact) mass is 370 g/mol. The molecular weight excluding hydrogens is 355 g/mol. The van der Waals surface area contributed by atoms with Crippen molar-refractivity contribution >= 4 is 35.1 Å². The molecule has 0 saturated heterocycles. The third-order valence-corrected chi connectivity index (χ3v) is 3.85. The number of rotatable bonds is 6. The topological polar surface area (TPSA) is 33.6 Å². The molecule has 0 unspecified atom stereocenters. The van der Waals surface area contributed by atoms with Crippen molar-refractivity contribution < 1.29 is 4.74 Å². The van der Waals surface area contributed by atoms with E-state index in [0.29, 0.717) is 16.7 Å². The first kappa shape index (κ1) is 17.3. The number of hydrogen-bond donors (Lipinski definition) is 1. The molecule has 126 valence electrons. The Kier molecular flexibility index (Phi) is 5.94. The minimum atomic E-state index is 0.460. The molecule has 0 aromatic heterocycles. The number of nitrogens with one attached hydrogen (secondary N) is 1. The van der Waals surface area contributed by atoms with Crippen molar-refractivity contribution in [1.29, 1.82) is 0 Å². The predicted molar refractivity (Wildman–Crippen MR) is 105 cm³/mol. The molecule has 5 heteroatoms. The fraction of sp³-hybridized carbons (Fsp3) is 0.0500. The molecule has 0 aliphatic carbocycles. The van der Waals surface area contributed by atoms with Crippen LogP contribution < -0.4 is 10.2 Å². The molecule has 25 heavy (non-hydrogen) atoms. The average Bonchev–Trinajstić information content (AvgIpc) is 2.61. The van der Waals surface area contributed by atoms with E-state index in [1.807, 2.05) is 72.8 Å². The molecule has 0 radical (unpaired) electrons. The van der Waals surface area contributed by atoms with Gasteiger partial charge in [0.15, 0.2) is 0 Å². The van der Waals surface area contributed by atoms with Crippen LogP contribution in [0.25, 0.3) is 0 Å². The van der Waals surface area contributed by atoms with Gasteiger partial charge in [0, 0.05) is 10.0 Å². The van der Waals surface area contributed by atoms with Crippen LogP contribution >= 0.6 is 23.2 Å². The summed E-state index contributed by atoms with van der Waals surface area (Å²) in [6, 6.07) is 22.7. The third-order valence-electron chi connectivity index (χ3n) is 3.38. The van der Waals surface area contributed by atoms with Crippen molar-refractivity contribution in [2.45, 2.75) is 6.61 Å². The van der Waals surface area contributed by atoms with Crippen LogP contribution in [0.2, 0.25) is 10.0 Å². The first-order valence-electron chi connectivity index (χ1n) is 7.71. The fourth-order valence-electron chi connectivity index (χ4n) is 2.22. The van der Waals surface area contributed by atoms with E-state index in [-0.39, 0.29) is 0 Å². The van der Waals surface area contributed by atoms with E-state index in [4.69, 9.17) is 27.9 Å².